The van der Waals surface area contributed by atoms with E-state index in [9.17, 15) is 0 Å². The number of nitrogens with one attached hydrogen (secondary N) is 1. The maximum absolute atomic E-state index is 5.08. The topological polar surface area (TPSA) is 37.4 Å². The van der Waals surface area contributed by atoms with E-state index in [0.29, 0.717) is 6.61 Å². The van der Waals surface area contributed by atoms with E-state index in [-0.39, 0.29) is 0 Å². The van der Waals surface area contributed by atoms with Gasteiger partial charge in [0.25, 0.3) is 0 Å². The van der Waals surface area contributed by atoms with Gasteiger partial charge in [0.15, 0.2) is 0 Å². The van der Waals surface area contributed by atoms with Crippen molar-refractivity contribution in [2.75, 3.05) is 43.6 Å². The van der Waals surface area contributed by atoms with Gasteiger partial charge < -0.3 is 15.0 Å². The molecular formula is C18H25N3O. The monoisotopic (exact) mass is 299 g/mol. The van der Waals surface area contributed by atoms with Crippen LogP contribution in [0.3, 0.4) is 0 Å². The first-order chi connectivity index (χ1) is 10.9. The van der Waals surface area contributed by atoms with E-state index >= 15 is 0 Å². The molecule has 0 radical (unpaired) electrons. The van der Waals surface area contributed by atoms with Crippen molar-refractivity contribution in [2.24, 2.45) is 0 Å². The molecule has 1 fully saturated rings. The van der Waals surface area contributed by atoms with E-state index in [2.05, 4.69) is 39.5 Å². The van der Waals surface area contributed by atoms with Crippen molar-refractivity contribution >= 4 is 22.3 Å². The molecule has 3 rings (SSSR count). The maximum Gasteiger partial charge on any atom is 0.136 e. The summed E-state index contributed by atoms with van der Waals surface area (Å²) in [5.74, 6) is 1.14. The normalized spacial score (nSPS) is 15.8. The fourth-order valence-electron chi connectivity index (χ4n) is 3.10. The number of anilines is 2. The molecule has 0 bridgehead atoms. The van der Waals surface area contributed by atoms with Crippen LogP contribution in [-0.4, -0.2) is 38.3 Å². The molecule has 0 aliphatic carbocycles. The molecule has 4 heteroatoms. The van der Waals surface area contributed by atoms with Gasteiger partial charge in [-0.3, -0.25) is 0 Å². The van der Waals surface area contributed by atoms with Crippen molar-refractivity contribution in [3.8, 4) is 0 Å². The van der Waals surface area contributed by atoms with Gasteiger partial charge in [0.1, 0.15) is 5.82 Å². The number of pyridine rings is 1. The van der Waals surface area contributed by atoms with Gasteiger partial charge in [-0.15, -0.1) is 0 Å². The highest BCUT2D eigenvalue weighted by Gasteiger charge is 2.13. The van der Waals surface area contributed by atoms with E-state index in [0.717, 1.165) is 31.1 Å². The van der Waals surface area contributed by atoms with Crippen molar-refractivity contribution in [1.82, 2.24) is 4.98 Å². The van der Waals surface area contributed by atoms with Gasteiger partial charge in [-0.25, -0.2) is 4.98 Å². The van der Waals surface area contributed by atoms with Gasteiger partial charge in [-0.1, -0.05) is 12.8 Å². The summed E-state index contributed by atoms with van der Waals surface area (Å²) in [6.07, 6.45) is 7.16. The zero-order valence-electron chi connectivity index (χ0n) is 13.3. The minimum Gasteiger partial charge on any atom is -0.383 e. The highest BCUT2D eigenvalue weighted by atomic mass is 16.5. The lowest BCUT2D eigenvalue weighted by molar-refractivity contribution is 0.211. The molecule has 1 N–H and O–H groups in total. The lowest BCUT2D eigenvalue weighted by Gasteiger charge is -2.23. The first-order valence-corrected chi connectivity index (χ1v) is 8.25. The smallest absolute Gasteiger partial charge is 0.136 e. The molecule has 0 spiro atoms. The summed E-state index contributed by atoms with van der Waals surface area (Å²) < 4.78 is 5.08. The number of hydrogen-bond acceptors (Lipinski definition) is 4. The summed E-state index contributed by atoms with van der Waals surface area (Å²) in [6, 6.07) is 8.63. The number of nitrogens with zero attached hydrogens (tertiary/aromatic N) is 2. The molecule has 0 unspecified atom stereocenters. The second-order valence-corrected chi connectivity index (χ2v) is 5.89. The fraction of sp³-hybridized carbons (Fsp3) is 0.500. The highest BCUT2D eigenvalue weighted by molar-refractivity contribution is 5.94. The van der Waals surface area contributed by atoms with Gasteiger partial charge in [-0.2, -0.15) is 0 Å². The van der Waals surface area contributed by atoms with Crippen molar-refractivity contribution < 1.29 is 4.74 Å². The van der Waals surface area contributed by atoms with Gasteiger partial charge in [-0.05, 0) is 42.5 Å². The number of rotatable bonds is 5. The third-order valence-electron chi connectivity index (χ3n) is 4.28. The van der Waals surface area contributed by atoms with Crippen molar-refractivity contribution in [3.05, 3.63) is 30.5 Å². The summed E-state index contributed by atoms with van der Waals surface area (Å²) in [4.78, 5) is 7.11. The van der Waals surface area contributed by atoms with Crippen LogP contribution in [0, 0.1) is 0 Å². The lowest BCUT2D eigenvalue weighted by atomic mass is 10.1. The highest BCUT2D eigenvalue weighted by Crippen LogP contribution is 2.28. The largest absolute Gasteiger partial charge is 0.383 e. The zero-order valence-corrected chi connectivity index (χ0v) is 13.3. The van der Waals surface area contributed by atoms with Crippen LogP contribution in [0.2, 0.25) is 0 Å². The zero-order chi connectivity index (χ0) is 15.2. The van der Waals surface area contributed by atoms with E-state index in [1.807, 2.05) is 6.20 Å². The third-order valence-corrected chi connectivity index (χ3v) is 4.28. The number of ether oxygens (including phenoxy) is 1. The van der Waals surface area contributed by atoms with Crippen molar-refractivity contribution in [2.45, 2.75) is 25.7 Å². The van der Waals surface area contributed by atoms with Crippen LogP contribution in [0.5, 0.6) is 0 Å². The van der Waals surface area contributed by atoms with E-state index in [1.165, 1.54) is 36.5 Å². The average molecular weight is 299 g/mol. The predicted octanol–water partition coefficient (Wildman–Crippen LogP) is 3.67. The molecule has 0 atom stereocenters. The SMILES string of the molecule is COCCNc1ccc2c(N3CCCCCC3)nccc2c1. The molecule has 0 saturated carbocycles. The molecular weight excluding hydrogens is 274 g/mol. The number of aromatic nitrogens is 1. The molecule has 1 aliphatic rings. The standard InChI is InChI=1S/C18H25N3O/c1-22-13-10-19-16-6-7-17-15(14-16)8-9-20-18(17)21-11-4-2-3-5-12-21/h6-9,14,19H,2-5,10-13H2,1H3. The minimum atomic E-state index is 0.716. The third kappa shape index (κ3) is 3.50. The van der Waals surface area contributed by atoms with Gasteiger partial charge in [0.2, 0.25) is 0 Å². The van der Waals surface area contributed by atoms with Crippen LogP contribution in [0.25, 0.3) is 10.8 Å². The molecule has 1 aliphatic heterocycles. The number of fused-ring (bicyclic) bond motifs is 1. The lowest BCUT2D eigenvalue weighted by Crippen LogP contribution is -2.25. The second-order valence-electron chi connectivity index (χ2n) is 5.89. The van der Waals surface area contributed by atoms with Crippen molar-refractivity contribution in [1.29, 1.82) is 0 Å². The van der Waals surface area contributed by atoms with Crippen LogP contribution in [0.15, 0.2) is 30.5 Å². The fourth-order valence-corrected chi connectivity index (χ4v) is 3.10. The minimum absolute atomic E-state index is 0.716. The molecule has 1 aromatic heterocycles. The summed E-state index contributed by atoms with van der Waals surface area (Å²) >= 11 is 0. The molecule has 1 aromatic carbocycles. The Morgan fingerprint density at radius 2 is 1.95 bits per heavy atom. The van der Waals surface area contributed by atoms with E-state index in [4.69, 9.17) is 4.74 Å². The Labute approximate surface area is 132 Å². The number of hydrogen-bond donors (Lipinski definition) is 1. The van der Waals surface area contributed by atoms with Crippen LogP contribution < -0.4 is 10.2 Å². The van der Waals surface area contributed by atoms with E-state index < -0.39 is 0 Å². The number of methoxy groups -OCH3 is 1. The second kappa shape index (κ2) is 7.45. The molecule has 4 nitrogen and oxygen atoms in total. The van der Waals surface area contributed by atoms with Crippen LogP contribution in [0.4, 0.5) is 11.5 Å². The molecule has 2 heterocycles. The molecule has 118 valence electrons. The molecule has 0 amide bonds. The summed E-state index contributed by atoms with van der Waals surface area (Å²) in [6.45, 7) is 3.79. The van der Waals surface area contributed by atoms with Gasteiger partial charge >= 0.3 is 0 Å². The molecule has 1 saturated heterocycles. The Hall–Kier alpha value is -1.81. The maximum atomic E-state index is 5.08. The van der Waals surface area contributed by atoms with Gasteiger partial charge in [0, 0.05) is 44.0 Å². The Balaban J connectivity index is 1.85. The Morgan fingerprint density at radius 3 is 2.73 bits per heavy atom. The van der Waals surface area contributed by atoms with Crippen molar-refractivity contribution in [3.63, 3.8) is 0 Å². The van der Waals surface area contributed by atoms with Crippen LogP contribution in [0.1, 0.15) is 25.7 Å². The molecule has 22 heavy (non-hydrogen) atoms. The Bertz CT molecular complexity index is 606. The average Bonchev–Trinajstić information content (AvgIpc) is 2.83. The van der Waals surface area contributed by atoms with Gasteiger partial charge in [0.05, 0.1) is 6.61 Å². The quantitative estimate of drug-likeness (QED) is 0.855. The van der Waals surface area contributed by atoms with E-state index in [1.54, 1.807) is 7.11 Å². The Kier molecular flexibility index (Phi) is 5.11. The molecule has 2 aromatic rings. The summed E-state index contributed by atoms with van der Waals surface area (Å²) in [5.41, 5.74) is 1.14. The predicted molar refractivity (Wildman–Crippen MR) is 92.8 cm³/mol. The Morgan fingerprint density at radius 1 is 1.14 bits per heavy atom. The first kappa shape index (κ1) is 15.1. The summed E-state index contributed by atoms with van der Waals surface area (Å²) in [7, 11) is 1.72. The first-order valence-electron chi connectivity index (χ1n) is 8.25. The van der Waals surface area contributed by atoms with Crippen LogP contribution >= 0.6 is 0 Å². The van der Waals surface area contributed by atoms with Crippen LogP contribution in [-0.2, 0) is 4.74 Å². The summed E-state index contributed by atoms with van der Waals surface area (Å²) in [5, 5.41) is 5.89. The number of benzene rings is 1.